The van der Waals surface area contributed by atoms with Crippen LogP contribution < -0.4 is 5.32 Å². The smallest absolute Gasteiger partial charge is 0.227 e. The van der Waals surface area contributed by atoms with E-state index in [9.17, 15) is 9.18 Å². The molecule has 2 saturated heterocycles. The fraction of sp³-hybridized carbons (Fsp3) is 0.500. The third-order valence-electron chi connectivity index (χ3n) is 3.64. The summed E-state index contributed by atoms with van der Waals surface area (Å²) in [5, 5.41) is 3.37. The first kappa shape index (κ1) is 13.8. The topological polar surface area (TPSA) is 41.6 Å². The number of amides is 1. The molecule has 2 aliphatic heterocycles. The maximum absolute atomic E-state index is 13.4. The van der Waals surface area contributed by atoms with Gasteiger partial charge in [0.1, 0.15) is 5.82 Å². The van der Waals surface area contributed by atoms with Gasteiger partial charge in [-0.15, -0.1) is 0 Å². The standard InChI is InChI=1S/C14H16ClFN2O2/c15-11-1-9(2-12(16)3-11)4-18-5-10-7-20-8-13(6-18)17-14(10)19/h1-3,10,13H,4-8H2,(H,17,19)/t10-,13+/m1/s1. The highest BCUT2D eigenvalue weighted by atomic mass is 35.5. The molecule has 0 unspecified atom stereocenters. The molecule has 2 aliphatic rings. The number of benzene rings is 1. The lowest BCUT2D eigenvalue weighted by molar-refractivity contribution is -0.125. The number of halogens is 2. The van der Waals surface area contributed by atoms with Crippen LogP contribution >= 0.6 is 11.6 Å². The fourth-order valence-electron chi connectivity index (χ4n) is 2.81. The van der Waals surface area contributed by atoms with E-state index in [4.69, 9.17) is 16.3 Å². The van der Waals surface area contributed by atoms with E-state index in [1.807, 2.05) is 0 Å². The third-order valence-corrected chi connectivity index (χ3v) is 3.86. The van der Waals surface area contributed by atoms with Crippen LogP contribution in [0.15, 0.2) is 18.2 Å². The molecule has 6 heteroatoms. The van der Waals surface area contributed by atoms with Gasteiger partial charge < -0.3 is 10.1 Å². The Morgan fingerprint density at radius 3 is 3.00 bits per heavy atom. The number of nitrogens with zero attached hydrogens (tertiary/aromatic N) is 1. The van der Waals surface area contributed by atoms with Crippen LogP contribution in [0.25, 0.3) is 0 Å². The van der Waals surface area contributed by atoms with Crippen molar-refractivity contribution in [3.63, 3.8) is 0 Å². The molecule has 1 N–H and O–H groups in total. The summed E-state index contributed by atoms with van der Waals surface area (Å²) in [5.74, 6) is -0.446. The van der Waals surface area contributed by atoms with Crippen molar-refractivity contribution in [2.75, 3.05) is 26.3 Å². The molecule has 2 heterocycles. The number of hydrogen-bond donors (Lipinski definition) is 1. The second-order valence-corrected chi connectivity index (χ2v) is 5.85. The zero-order chi connectivity index (χ0) is 14.1. The molecule has 1 amide bonds. The van der Waals surface area contributed by atoms with E-state index in [1.165, 1.54) is 12.1 Å². The summed E-state index contributed by atoms with van der Waals surface area (Å²) in [6.07, 6.45) is 0. The Morgan fingerprint density at radius 1 is 1.35 bits per heavy atom. The zero-order valence-corrected chi connectivity index (χ0v) is 11.7. The average molecular weight is 299 g/mol. The predicted octanol–water partition coefficient (Wildman–Crippen LogP) is 1.43. The van der Waals surface area contributed by atoms with Crippen molar-refractivity contribution < 1.29 is 13.9 Å². The number of rotatable bonds is 2. The van der Waals surface area contributed by atoms with E-state index in [0.29, 0.717) is 37.9 Å². The minimum atomic E-state index is -0.333. The van der Waals surface area contributed by atoms with Crippen molar-refractivity contribution in [2.24, 2.45) is 5.92 Å². The molecule has 1 aromatic rings. The Morgan fingerprint density at radius 2 is 2.20 bits per heavy atom. The first-order chi connectivity index (χ1) is 9.60. The number of fused-ring (bicyclic) bond motifs is 3. The Hall–Kier alpha value is -1.17. The van der Waals surface area contributed by atoms with Crippen molar-refractivity contribution >= 4 is 17.5 Å². The molecule has 0 aromatic heterocycles. The number of ether oxygens (including phenoxy) is 1. The normalized spacial score (nSPS) is 27.0. The molecule has 2 fully saturated rings. The van der Waals surface area contributed by atoms with Gasteiger partial charge in [-0.05, 0) is 23.8 Å². The van der Waals surface area contributed by atoms with Crippen LogP contribution in [0.1, 0.15) is 5.56 Å². The molecule has 0 aliphatic carbocycles. The lowest BCUT2D eigenvalue weighted by Crippen LogP contribution is -2.41. The van der Waals surface area contributed by atoms with E-state index >= 15 is 0 Å². The minimum absolute atomic E-state index is 0.000897. The van der Waals surface area contributed by atoms with Gasteiger partial charge in [0.25, 0.3) is 0 Å². The first-order valence-corrected chi connectivity index (χ1v) is 7.03. The summed E-state index contributed by atoms with van der Waals surface area (Å²) < 4.78 is 18.8. The van der Waals surface area contributed by atoms with Crippen molar-refractivity contribution in [2.45, 2.75) is 12.6 Å². The SMILES string of the molecule is O=C1N[C@@H]2COC[C@H]1CN(Cc1cc(F)cc(Cl)c1)C2. The Bertz CT molecular complexity index is 506. The largest absolute Gasteiger partial charge is 0.378 e. The summed E-state index contributed by atoms with van der Waals surface area (Å²) in [7, 11) is 0. The zero-order valence-electron chi connectivity index (χ0n) is 10.9. The van der Waals surface area contributed by atoms with Crippen LogP contribution in [0, 0.1) is 11.7 Å². The van der Waals surface area contributed by atoms with Crippen molar-refractivity contribution in [1.29, 1.82) is 0 Å². The van der Waals surface area contributed by atoms with Crippen LogP contribution in [0.2, 0.25) is 5.02 Å². The van der Waals surface area contributed by atoms with Gasteiger partial charge in [0.2, 0.25) is 5.91 Å². The molecule has 2 bridgehead atoms. The number of hydrogen-bond acceptors (Lipinski definition) is 3. The highest BCUT2D eigenvalue weighted by Gasteiger charge is 2.33. The fourth-order valence-corrected chi connectivity index (χ4v) is 3.05. The molecule has 0 saturated carbocycles. The molecule has 3 rings (SSSR count). The Balaban J connectivity index is 1.75. The van der Waals surface area contributed by atoms with E-state index in [-0.39, 0.29) is 23.7 Å². The van der Waals surface area contributed by atoms with Crippen LogP contribution in [0.4, 0.5) is 4.39 Å². The van der Waals surface area contributed by atoms with Gasteiger partial charge in [-0.2, -0.15) is 0 Å². The van der Waals surface area contributed by atoms with Crippen LogP contribution in [-0.2, 0) is 16.1 Å². The molecule has 2 atom stereocenters. The van der Waals surface area contributed by atoms with Gasteiger partial charge in [0.05, 0.1) is 25.2 Å². The number of nitrogens with one attached hydrogen (secondary N) is 1. The van der Waals surface area contributed by atoms with Gasteiger partial charge in [0, 0.05) is 24.7 Å². The Labute approximate surface area is 121 Å². The predicted molar refractivity (Wildman–Crippen MR) is 72.9 cm³/mol. The molecule has 0 radical (unpaired) electrons. The minimum Gasteiger partial charge on any atom is -0.378 e. The summed E-state index contributed by atoms with van der Waals surface area (Å²) in [5.41, 5.74) is 0.823. The molecule has 0 spiro atoms. The van der Waals surface area contributed by atoms with E-state index in [0.717, 1.165) is 5.56 Å². The summed E-state index contributed by atoms with van der Waals surface area (Å²) in [6, 6.07) is 4.54. The molecule has 1 aromatic carbocycles. The highest BCUT2D eigenvalue weighted by molar-refractivity contribution is 6.30. The van der Waals surface area contributed by atoms with Crippen molar-refractivity contribution in [1.82, 2.24) is 10.2 Å². The average Bonchev–Trinajstić information content (AvgIpc) is 2.56. The van der Waals surface area contributed by atoms with E-state index in [1.54, 1.807) is 6.07 Å². The highest BCUT2D eigenvalue weighted by Crippen LogP contribution is 2.19. The Kier molecular flexibility index (Phi) is 3.92. The van der Waals surface area contributed by atoms with E-state index in [2.05, 4.69) is 10.2 Å². The second kappa shape index (κ2) is 5.68. The van der Waals surface area contributed by atoms with Gasteiger partial charge in [0.15, 0.2) is 0 Å². The van der Waals surface area contributed by atoms with Crippen LogP contribution in [0.5, 0.6) is 0 Å². The van der Waals surface area contributed by atoms with Gasteiger partial charge in [-0.1, -0.05) is 11.6 Å². The summed E-state index contributed by atoms with van der Waals surface area (Å²) in [4.78, 5) is 14.1. The molecular weight excluding hydrogens is 283 g/mol. The van der Waals surface area contributed by atoms with Gasteiger partial charge in [-0.25, -0.2) is 4.39 Å². The monoisotopic (exact) mass is 298 g/mol. The van der Waals surface area contributed by atoms with Crippen molar-refractivity contribution in [3.8, 4) is 0 Å². The van der Waals surface area contributed by atoms with Crippen molar-refractivity contribution in [3.05, 3.63) is 34.6 Å². The maximum Gasteiger partial charge on any atom is 0.227 e. The second-order valence-electron chi connectivity index (χ2n) is 5.41. The first-order valence-electron chi connectivity index (χ1n) is 6.65. The molecule has 20 heavy (non-hydrogen) atoms. The molecular formula is C14H16ClFN2O2. The lowest BCUT2D eigenvalue weighted by atomic mass is 10.1. The van der Waals surface area contributed by atoms with Crippen LogP contribution in [0.3, 0.4) is 0 Å². The summed E-state index contributed by atoms with van der Waals surface area (Å²) >= 11 is 5.87. The number of carbonyl (C=O) groups excluding carboxylic acids is 1. The summed E-state index contributed by atoms with van der Waals surface area (Å²) in [6.45, 7) is 2.89. The quantitative estimate of drug-likeness (QED) is 0.898. The molecule has 4 nitrogen and oxygen atoms in total. The molecule has 108 valence electrons. The third kappa shape index (κ3) is 3.11. The van der Waals surface area contributed by atoms with Gasteiger partial charge >= 0.3 is 0 Å². The maximum atomic E-state index is 13.4. The van der Waals surface area contributed by atoms with Crippen LogP contribution in [-0.4, -0.2) is 43.2 Å². The van der Waals surface area contributed by atoms with Gasteiger partial charge in [-0.3, -0.25) is 9.69 Å². The number of carbonyl (C=O) groups is 1. The lowest BCUT2D eigenvalue weighted by Gasteiger charge is -2.27. The van der Waals surface area contributed by atoms with E-state index < -0.39 is 0 Å².